The molecule has 3 heterocycles. The number of hydrogen-bond donors (Lipinski definition) is 1. The lowest BCUT2D eigenvalue weighted by Gasteiger charge is -2.13. The Morgan fingerprint density at radius 2 is 1.94 bits per heavy atom. The molecule has 7 nitrogen and oxygen atoms in total. The Labute approximate surface area is 194 Å². The smallest absolute Gasteiger partial charge is 0.126 e. The van der Waals surface area contributed by atoms with Crippen molar-refractivity contribution in [1.29, 1.82) is 0 Å². The van der Waals surface area contributed by atoms with Gasteiger partial charge in [-0.3, -0.25) is 9.97 Å². The van der Waals surface area contributed by atoms with Gasteiger partial charge in [-0.2, -0.15) is 0 Å². The molecule has 0 saturated carbocycles. The van der Waals surface area contributed by atoms with Gasteiger partial charge >= 0.3 is 0 Å². The highest BCUT2D eigenvalue weighted by Gasteiger charge is 2.20. The van der Waals surface area contributed by atoms with E-state index < -0.39 is 6.10 Å². The van der Waals surface area contributed by atoms with Gasteiger partial charge in [0, 0.05) is 36.2 Å². The largest absolute Gasteiger partial charge is 0.497 e. The van der Waals surface area contributed by atoms with Crippen LogP contribution in [0.25, 0.3) is 31.8 Å². The van der Waals surface area contributed by atoms with Crippen molar-refractivity contribution in [3.63, 3.8) is 0 Å². The molecule has 2 aromatic carbocycles. The van der Waals surface area contributed by atoms with Gasteiger partial charge in [-0.25, -0.2) is 9.97 Å². The molecule has 1 N–H and O–H groups in total. The van der Waals surface area contributed by atoms with Gasteiger partial charge in [-0.15, -0.1) is 11.3 Å². The number of benzene rings is 2. The Morgan fingerprint density at radius 3 is 2.70 bits per heavy atom. The van der Waals surface area contributed by atoms with Crippen molar-refractivity contribution in [2.24, 2.45) is 0 Å². The van der Waals surface area contributed by atoms with Gasteiger partial charge in [0.1, 0.15) is 16.9 Å². The quantitative estimate of drug-likeness (QED) is 0.389. The molecule has 0 spiro atoms. The molecule has 1 atom stereocenters. The van der Waals surface area contributed by atoms with E-state index >= 15 is 0 Å². The second-order valence-corrected chi connectivity index (χ2v) is 8.78. The van der Waals surface area contributed by atoms with Gasteiger partial charge < -0.3 is 14.6 Å². The molecule has 0 fully saturated rings. The standard InChI is InChI=1S/C25H22N4O3S/c1-14-7-19(22-20(8-14)28-16(12-27-22)13-31-2)25-29-23-18(9-17(32-3)10-21(23)33-25)24(30)15-5-4-6-26-11-15/h4-12,24,30H,13H2,1-3H3. The van der Waals surface area contributed by atoms with Crippen molar-refractivity contribution >= 4 is 32.6 Å². The second-order valence-electron chi connectivity index (χ2n) is 7.75. The second kappa shape index (κ2) is 8.82. The molecule has 1 unspecified atom stereocenters. The Morgan fingerprint density at radius 1 is 1.06 bits per heavy atom. The van der Waals surface area contributed by atoms with Crippen molar-refractivity contribution in [3.8, 4) is 16.3 Å². The van der Waals surface area contributed by atoms with Crippen LogP contribution in [0.5, 0.6) is 5.75 Å². The van der Waals surface area contributed by atoms with Gasteiger partial charge in [0.15, 0.2) is 0 Å². The summed E-state index contributed by atoms with van der Waals surface area (Å²) in [5.41, 5.74) is 6.41. The molecular weight excluding hydrogens is 436 g/mol. The summed E-state index contributed by atoms with van der Waals surface area (Å²) in [6.07, 6.45) is 4.19. The number of rotatable bonds is 6. The number of fused-ring (bicyclic) bond motifs is 2. The van der Waals surface area contributed by atoms with Gasteiger partial charge in [0.05, 0.1) is 46.9 Å². The molecule has 5 rings (SSSR count). The monoisotopic (exact) mass is 458 g/mol. The van der Waals surface area contributed by atoms with E-state index in [9.17, 15) is 5.11 Å². The van der Waals surface area contributed by atoms with Crippen LogP contribution in [0, 0.1) is 6.92 Å². The summed E-state index contributed by atoms with van der Waals surface area (Å²) in [7, 11) is 3.26. The van der Waals surface area contributed by atoms with Crippen molar-refractivity contribution in [3.05, 3.63) is 77.4 Å². The molecular formula is C25H22N4O3S. The SMILES string of the molecule is COCc1cnc2c(-c3nc4c(C(O)c5cccnc5)cc(OC)cc4s3)cc(C)cc2n1. The summed E-state index contributed by atoms with van der Waals surface area (Å²) in [6, 6.07) is 11.5. The Bertz CT molecular complexity index is 1450. The summed E-state index contributed by atoms with van der Waals surface area (Å²) in [5.74, 6) is 0.661. The first-order valence-corrected chi connectivity index (χ1v) is 11.2. The lowest BCUT2D eigenvalue weighted by molar-refractivity contribution is 0.181. The fourth-order valence-electron chi connectivity index (χ4n) is 3.87. The van der Waals surface area contributed by atoms with E-state index in [0.717, 1.165) is 43.1 Å². The van der Waals surface area contributed by atoms with E-state index in [0.29, 0.717) is 23.5 Å². The number of hydrogen-bond acceptors (Lipinski definition) is 8. The maximum absolute atomic E-state index is 11.1. The fourth-order valence-corrected chi connectivity index (χ4v) is 4.92. The normalized spacial score (nSPS) is 12.4. The Kier molecular flexibility index (Phi) is 5.72. The van der Waals surface area contributed by atoms with Gasteiger partial charge in [-0.1, -0.05) is 6.07 Å². The molecule has 0 aliphatic carbocycles. The molecule has 5 aromatic rings. The maximum atomic E-state index is 11.1. The van der Waals surface area contributed by atoms with Gasteiger partial charge in [0.25, 0.3) is 0 Å². The van der Waals surface area contributed by atoms with Crippen molar-refractivity contribution in [1.82, 2.24) is 19.9 Å². The third kappa shape index (κ3) is 4.04. The zero-order valence-corrected chi connectivity index (χ0v) is 19.3. The number of aliphatic hydroxyl groups excluding tert-OH is 1. The molecule has 0 radical (unpaired) electrons. The Balaban J connectivity index is 1.70. The predicted octanol–water partition coefficient (Wildman–Crippen LogP) is 4.85. The van der Waals surface area contributed by atoms with Crippen molar-refractivity contribution < 1.29 is 14.6 Å². The number of aromatic nitrogens is 4. The zero-order chi connectivity index (χ0) is 22.9. The van der Waals surface area contributed by atoms with Crippen LogP contribution in [-0.2, 0) is 11.3 Å². The van der Waals surface area contributed by atoms with E-state index in [-0.39, 0.29) is 0 Å². The third-order valence-corrected chi connectivity index (χ3v) is 6.43. The van der Waals surface area contributed by atoms with Crippen LogP contribution < -0.4 is 4.74 Å². The van der Waals surface area contributed by atoms with E-state index in [2.05, 4.69) is 16.0 Å². The fraction of sp³-hybridized carbons (Fsp3) is 0.200. The summed E-state index contributed by atoms with van der Waals surface area (Å²) in [6.45, 7) is 2.43. The van der Waals surface area contributed by atoms with Crippen molar-refractivity contribution in [2.45, 2.75) is 19.6 Å². The van der Waals surface area contributed by atoms with Gasteiger partial charge in [0.2, 0.25) is 0 Å². The minimum atomic E-state index is -0.878. The van der Waals surface area contributed by atoms with Crippen LogP contribution in [0.2, 0.25) is 0 Å². The number of nitrogens with zero attached hydrogens (tertiary/aromatic N) is 4. The molecule has 0 bridgehead atoms. The number of pyridine rings is 1. The topological polar surface area (TPSA) is 90.3 Å². The number of ether oxygens (including phenoxy) is 2. The lowest BCUT2D eigenvalue weighted by Crippen LogP contribution is -2.02. The highest BCUT2D eigenvalue weighted by molar-refractivity contribution is 7.21. The summed E-state index contributed by atoms with van der Waals surface area (Å²) in [4.78, 5) is 18.5. The molecule has 0 aliphatic heterocycles. The molecule has 166 valence electrons. The van der Waals surface area contributed by atoms with Crippen LogP contribution in [0.4, 0.5) is 0 Å². The van der Waals surface area contributed by atoms with Crippen LogP contribution in [0.15, 0.2) is 55.0 Å². The van der Waals surface area contributed by atoms with E-state index in [4.69, 9.17) is 19.4 Å². The number of methoxy groups -OCH3 is 2. The molecule has 0 saturated heterocycles. The minimum Gasteiger partial charge on any atom is -0.497 e. The summed E-state index contributed by atoms with van der Waals surface area (Å²) < 4.78 is 11.6. The minimum absolute atomic E-state index is 0.405. The number of thiazole rings is 1. The highest BCUT2D eigenvalue weighted by Crippen LogP contribution is 2.39. The first-order valence-electron chi connectivity index (χ1n) is 10.4. The maximum Gasteiger partial charge on any atom is 0.126 e. The predicted molar refractivity (Wildman–Crippen MR) is 128 cm³/mol. The van der Waals surface area contributed by atoms with Crippen LogP contribution >= 0.6 is 11.3 Å². The van der Waals surface area contributed by atoms with Crippen LogP contribution in [-0.4, -0.2) is 39.3 Å². The molecule has 3 aromatic heterocycles. The van der Waals surface area contributed by atoms with Crippen LogP contribution in [0.3, 0.4) is 0 Å². The van der Waals surface area contributed by atoms with E-state index in [1.54, 1.807) is 38.9 Å². The van der Waals surface area contributed by atoms with E-state index in [1.807, 2.05) is 31.2 Å². The van der Waals surface area contributed by atoms with Crippen LogP contribution in [0.1, 0.15) is 28.5 Å². The third-order valence-electron chi connectivity index (χ3n) is 5.39. The first kappa shape index (κ1) is 21.4. The highest BCUT2D eigenvalue weighted by atomic mass is 32.1. The van der Waals surface area contributed by atoms with Gasteiger partial charge in [-0.05, 0) is 42.8 Å². The van der Waals surface area contributed by atoms with E-state index in [1.165, 1.54) is 11.3 Å². The summed E-state index contributed by atoms with van der Waals surface area (Å²) in [5, 5.41) is 11.9. The van der Waals surface area contributed by atoms with Crippen molar-refractivity contribution in [2.75, 3.05) is 14.2 Å². The Hall–Kier alpha value is -3.46. The molecule has 0 aliphatic rings. The molecule has 0 amide bonds. The molecule has 33 heavy (non-hydrogen) atoms. The summed E-state index contributed by atoms with van der Waals surface area (Å²) >= 11 is 1.53. The lowest BCUT2D eigenvalue weighted by atomic mass is 10.0. The first-order chi connectivity index (χ1) is 16.1. The number of aliphatic hydroxyl groups is 1. The zero-order valence-electron chi connectivity index (χ0n) is 18.4. The average Bonchev–Trinajstić information content (AvgIpc) is 3.27. The average molecular weight is 459 g/mol. The molecule has 8 heteroatoms. The number of aryl methyl sites for hydroxylation is 1.